The largest absolute Gasteiger partial charge is 0.378 e. The van der Waals surface area contributed by atoms with Gasteiger partial charge in [-0.25, -0.2) is 4.98 Å². The van der Waals surface area contributed by atoms with E-state index in [0.717, 1.165) is 29.6 Å². The van der Waals surface area contributed by atoms with Crippen molar-refractivity contribution in [2.24, 2.45) is 5.92 Å². The highest BCUT2D eigenvalue weighted by Gasteiger charge is 2.18. The van der Waals surface area contributed by atoms with Crippen LogP contribution in [0.5, 0.6) is 0 Å². The SMILES string of the molecule is CC1CCC(OCCc2nc(CCl)cs2)CC1. The highest BCUT2D eigenvalue weighted by molar-refractivity contribution is 7.09. The first-order valence-electron chi connectivity index (χ1n) is 6.38. The van der Waals surface area contributed by atoms with Gasteiger partial charge >= 0.3 is 0 Å². The van der Waals surface area contributed by atoms with E-state index in [1.54, 1.807) is 11.3 Å². The molecular formula is C13H20ClNOS. The minimum atomic E-state index is 0.485. The molecule has 0 unspecified atom stereocenters. The Balaban J connectivity index is 1.65. The zero-order valence-electron chi connectivity index (χ0n) is 10.3. The molecule has 1 fully saturated rings. The number of rotatable bonds is 5. The van der Waals surface area contributed by atoms with Crippen LogP contribution in [0.25, 0.3) is 0 Å². The Labute approximate surface area is 112 Å². The number of hydrogen-bond donors (Lipinski definition) is 0. The van der Waals surface area contributed by atoms with Crippen LogP contribution >= 0.6 is 22.9 Å². The smallest absolute Gasteiger partial charge is 0.0951 e. The van der Waals surface area contributed by atoms with E-state index in [9.17, 15) is 0 Å². The number of ether oxygens (including phenoxy) is 1. The zero-order chi connectivity index (χ0) is 12.1. The van der Waals surface area contributed by atoms with E-state index in [1.807, 2.05) is 5.38 Å². The van der Waals surface area contributed by atoms with Gasteiger partial charge in [0.1, 0.15) is 0 Å². The first-order valence-corrected chi connectivity index (χ1v) is 7.80. The van der Waals surface area contributed by atoms with Crippen molar-refractivity contribution >= 4 is 22.9 Å². The third-order valence-corrected chi connectivity index (χ3v) is 4.60. The van der Waals surface area contributed by atoms with Gasteiger partial charge in [0.05, 0.1) is 29.3 Å². The van der Waals surface area contributed by atoms with Gasteiger partial charge in [-0.05, 0) is 31.6 Å². The third-order valence-electron chi connectivity index (χ3n) is 3.37. The van der Waals surface area contributed by atoms with Crippen LogP contribution in [-0.4, -0.2) is 17.7 Å². The Hall–Kier alpha value is -0.120. The van der Waals surface area contributed by atoms with Gasteiger partial charge in [-0.2, -0.15) is 0 Å². The highest BCUT2D eigenvalue weighted by Crippen LogP contribution is 2.25. The van der Waals surface area contributed by atoms with Crippen molar-refractivity contribution in [1.82, 2.24) is 4.98 Å². The predicted octanol–water partition coefficient (Wildman–Crippen LogP) is 4.02. The predicted molar refractivity (Wildman–Crippen MR) is 72.7 cm³/mol. The van der Waals surface area contributed by atoms with Crippen molar-refractivity contribution in [3.05, 3.63) is 16.1 Å². The van der Waals surface area contributed by atoms with Crippen LogP contribution in [0, 0.1) is 5.92 Å². The monoisotopic (exact) mass is 273 g/mol. The summed E-state index contributed by atoms with van der Waals surface area (Å²) in [4.78, 5) is 4.43. The summed E-state index contributed by atoms with van der Waals surface area (Å²) < 4.78 is 5.91. The molecule has 96 valence electrons. The van der Waals surface area contributed by atoms with Gasteiger partial charge < -0.3 is 4.74 Å². The van der Waals surface area contributed by atoms with Gasteiger partial charge in [-0.15, -0.1) is 22.9 Å². The normalized spacial score (nSPS) is 25.1. The molecule has 1 aliphatic rings. The lowest BCUT2D eigenvalue weighted by molar-refractivity contribution is 0.0216. The van der Waals surface area contributed by atoms with Crippen LogP contribution in [0.2, 0.25) is 0 Å². The molecular weight excluding hydrogens is 254 g/mol. The first kappa shape index (κ1) is 13.3. The number of nitrogens with zero attached hydrogens (tertiary/aromatic N) is 1. The van der Waals surface area contributed by atoms with Crippen LogP contribution in [0.4, 0.5) is 0 Å². The summed E-state index contributed by atoms with van der Waals surface area (Å²) in [5.74, 6) is 1.40. The van der Waals surface area contributed by atoms with Crippen molar-refractivity contribution < 1.29 is 4.74 Å². The second kappa shape index (κ2) is 6.72. The van der Waals surface area contributed by atoms with Crippen LogP contribution in [0.15, 0.2) is 5.38 Å². The molecule has 1 aliphatic carbocycles. The molecule has 17 heavy (non-hydrogen) atoms. The average Bonchev–Trinajstić information content (AvgIpc) is 2.80. The summed E-state index contributed by atoms with van der Waals surface area (Å²) in [6, 6.07) is 0. The van der Waals surface area contributed by atoms with E-state index in [0.29, 0.717) is 12.0 Å². The summed E-state index contributed by atoms with van der Waals surface area (Å²) in [6.45, 7) is 3.13. The molecule has 0 amide bonds. The molecule has 0 saturated heterocycles. The fraction of sp³-hybridized carbons (Fsp3) is 0.769. The van der Waals surface area contributed by atoms with Crippen molar-refractivity contribution in [3.63, 3.8) is 0 Å². The number of alkyl halides is 1. The lowest BCUT2D eigenvalue weighted by Crippen LogP contribution is -2.21. The van der Waals surface area contributed by atoms with E-state index in [4.69, 9.17) is 16.3 Å². The summed E-state index contributed by atoms with van der Waals surface area (Å²) >= 11 is 7.41. The fourth-order valence-electron chi connectivity index (χ4n) is 2.23. The number of aromatic nitrogens is 1. The van der Waals surface area contributed by atoms with Gasteiger partial charge in [0, 0.05) is 11.8 Å². The molecule has 4 heteroatoms. The number of thiazole rings is 1. The molecule has 2 rings (SSSR count). The lowest BCUT2D eigenvalue weighted by atomic mass is 9.89. The molecule has 1 aromatic rings. The quantitative estimate of drug-likeness (QED) is 0.756. The fourth-order valence-corrected chi connectivity index (χ4v) is 3.24. The second-order valence-electron chi connectivity index (χ2n) is 4.87. The summed E-state index contributed by atoms with van der Waals surface area (Å²) in [5.41, 5.74) is 0.984. The van der Waals surface area contributed by atoms with Gasteiger partial charge in [0.25, 0.3) is 0 Å². The number of halogens is 1. The maximum atomic E-state index is 5.91. The molecule has 0 N–H and O–H groups in total. The molecule has 0 aromatic carbocycles. The first-order chi connectivity index (χ1) is 8.28. The van der Waals surface area contributed by atoms with Gasteiger partial charge in [0.2, 0.25) is 0 Å². The van der Waals surface area contributed by atoms with E-state index in [2.05, 4.69) is 11.9 Å². The molecule has 0 radical (unpaired) electrons. The summed E-state index contributed by atoms with van der Waals surface area (Å²) in [7, 11) is 0. The van der Waals surface area contributed by atoms with Crippen molar-refractivity contribution in [2.45, 2.75) is 51.0 Å². The van der Waals surface area contributed by atoms with Crippen LogP contribution in [0.3, 0.4) is 0 Å². The molecule has 1 aromatic heterocycles. The maximum absolute atomic E-state index is 5.91. The maximum Gasteiger partial charge on any atom is 0.0951 e. The minimum absolute atomic E-state index is 0.485. The molecule has 0 atom stereocenters. The third kappa shape index (κ3) is 4.23. The van der Waals surface area contributed by atoms with Crippen LogP contribution < -0.4 is 0 Å². The average molecular weight is 274 g/mol. The standard InChI is InChI=1S/C13H20ClNOS/c1-10-2-4-12(5-3-10)16-7-6-13-15-11(8-14)9-17-13/h9-10,12H,2-8H2,1H3. The molecule has 0 spiro atoms. The highest BCUT2D eigenvalue weighted by atomic mass is 35.5. The zero-order valence-corrected chi connectivity index (χ0v) is 11.9. The number of hydrogen-bond acceptors (Lipinski definition) is 3. The van der Waals surface area contributed by atoms with Crippen molar-refractivity contribution in [1.29, 1.82) is 0 Å². The molecule has 0 bridgehead atoms. The molecule has 1 saturated carbocycles. The Morgan fingerprint density at radius 1 is 1.41 bits per heavy atom. The summed E-state index contributed by atoms with van der Waals surface area (Å²) in [6.07, 6.45) is 6.50. The molecule has 2 nitrogen and oxygen atoms in total. The summed E-state index contributed by atoms with van der Waals surface area (Å²) in [5, 5.41) is 3.18. The minimum Gasteiger partial charge on any atom is -0.378 e. The van der Waals surface area contributed by atoms with Crippen molar-refractivity contribution in [3.8, 4) is 0 Å². The van der Waals surface area contributed by atoms with Crippen LogP contribution in [0.1, 0.15) is 43.3 Å². The Kier molecular flexibility index (Phi) is 5.26. The van der Waals surface area contributed by atoms with Gasteiger partial charge in [0.15, 0.2) is 0 Å². The van der Waals surface area contributed by atoms with Crippen molar-refractivity contribution in [2.75, 3.05) is 6.61 Å². The van der Waals surface area contributed by atoms with E-state index < -0.39 is 0 Å². The Morgan fingerprint density at radius 2 is 2.18 bits per heavy atom. The Morgan fingerprint density at radius 3 is 2.82 bits per heavy atom. The topological polar surface area (TPSA) is 22.1 Å². The van der Waals surface area contributed by atoms with E-state index in [1.165, 1.54) is 25.7 Å². The Bertz CT molecular complexity index is 334. The van der Waals surface area contributed by atoms with Gasteiger partial charge in [-0.1, -0.05) is 6.92 Å². The van der Waals surface area contributed by atoms with E-state index >= 15 is 0 Å². The van der Waals surface area contributed by atoms with Gasteiger partial charge in [-0.3, -0.25) is 0 Å². The lowest BCUT2D eigenvalue weighted by Gasteiger charge is -2.26. The van der Waals surface area contributed by atoms with E-state index in [-0.39, 0.29) is 0 Å². The molecule has 0 aliphatic heterocycles. The molecule has 1 heterocycles. The van der Waals surface area contributed by atoms with Crippen LogP contribution in [-0.2, 0) is 17.0 Å². The second-order valence-corrected chi connectivity index (χ2v) is 6.08.